The van der Waals surface area contributed by atoms with E-state index in [2.05, 4.69) is 19.9 Å². The van der Waals surface area contributed by atoms with E-state index in [-0.39, 0.29) is 58.9 Å². The van der Waals surface area contributed by atoms with E-state index in [1.807, 2.05) is 0 Å². The molecule has 332 valence electrons. The van der Waals surface area contributed by atoms with Crippen LogP contribution < -0.4 is 8.61 Å². The summed E-state index contributed by atoms with van der Waals surface area (Å²) in [6, 6.07) is 10.3. The van der Waals surface area contributed by atoms with Gasteiger partial charge < -0.3 is 20.1 Å². The lowest BCUT2D eigenvalue weighted by Gasteiger charge is -2.26. The zero-order valence-corrected chi connectivity index (χ0v) is 37.5. The van der Waals surface area contributed by atoms with Crippen LogP contribution in [0.5, 0.6) is 0 Å². The molecule has 0 saturated carbocycles. The normalized spacial score (nSPS) is 14.0. The molecule has 1 unspecified atom stereocenters. The molecule has 61 heavy (non-hydrogen) atoms. The highest BCUT2D eigenvalue weighted by atomic mass is 32.2. The molecule has 3 N–H and O–H groups in total. The second kappa shape index (κ2) is 19.4. The Bertz CT molecular complexity index is 2440. The summed E-state index contributed by atoms with van der Waals surface area (Å²) in [5.41, 5.74) is 0.867. The number of ether oxygens (including phenoxy) is 1. The van der Waals surface area contributed by atoms with Gasteiger partial charge in [0.15, 0.2) is 0 Å². The quantitative estimate of drug-likeness (QED) is 0.106. The Morgan fingerprint density at radius 2 is 1.25 bits per heavy atom. The fourth-order valence-electron chi connectivity index (χ4n) is 6.15. The second-order valence-electron chi connectivity index (χ2n) is 16.3. The Morgan fingerprint density at radius 1 is 0.770 bits per heavy atom. The van der Waals surface area contributed by atoms with Crippen LogP contribution in [0.1, 0.15) is 102 Å². The minimum atomic E-state index is -4.53. The molecule has 0 bridgehead atoms. The molecule has 0 saturated heterocycles. The van der Waals surface area contributed by atoms with Gasteiger partial charge in [-0.1, -0.05) is 39.8 Å². The van der Waals surface area contributed by atoms with Crippen LogP contribution in [0.15, 0.2) is 54.6 Å². The number of esters is 1. The summed E-state index contributed by atoms with van der Waals surface area (Å²) < 4.78 is 88.6. The van der Waals surface area contributed by atoms with Crippen molar-refractivity contribution in [3.05, 3.63) is 88.8 Å². The molecule has 15 nitrogen and oxygen atoms in total. The first-order valence-corrected chi connectivity index (χ1v) is 22.8. The van der Waals surface area contributed by atoms with Crippen LogP contribution in [0.4, 0.5) is 20.7 Å². The van der Waals surface area contributed by atoms with E-state index in [1.54, 1.807) is 48.5 Å². The summed E-state index contributed by atoms with van der Waals surface area (Å²) >= 11 is 0. The highest BCUT2D eigenvalue weighted by Crippen LogP contribution is 2.37. The molecule has 3 atom stereocenters. The number of sulfonamides is 2. The minimum absolute atomic E-state index is 0.0119. The van der Waals surface area contributed by atoms with Crippen molar-refractivity contribution in [1.82, 2.24) is 19.9 Å². The van der Waals surface area contributed by atoms with Gasteiger partial charge >= 0.3 is 5.97 Å². The lowest BCUT2D eigenvalue weighted by atomic mass is 9.95. The molecule has 0 spiro atoms. The Kier molecular flexibility index (Phi) is 15.5. The number of carbonyl (C=O) groups excluding carboxylic acids is 1. The van der Waals surface area contributed by atoms with Crippen LogP contribution in [-0.2, 0) is 29.6 Å². The standard InChI is InChI=1S/C42H54F2N6O9S2/c1-24(2)36-32(20-19-30(51)21-31(52)22-34(54)59-42(5,6)7)38(26-11-15-28(43)16-12-26)47-41(45-36)50(9)61(57,58)23-33(53)35-37(25(3)4)46-40(49(8)60(10,55)56)48-39(35)27-13-17-29(44)18-14-27/h11-20,24-25,30-31,33,51-53H,21-23H2,1-10H3/b20-19+/t30-,31-,33?/m1/s1. The van der Waals surface area contributed by atoms with Gasteiger partial charge in [0.25, 0.3) is 0 Å². The summed E-state index contributed by atoms with van der Waals surface area (Å²) in [5.74, 6) is -4.10. The number of halogens is 2. The lowest BCUT2D eigenvalue weighted by Crippen LogP contribution is -2.34. The summed E-state index contributed by atoms with van der Waals surface area (Å²) in [6.07, 6.45) is -1.01. The Balaban J connectivity index is 1.79. The number of hydrogen-bond acceptors (Lipinski definition) is 13. The monoisotopic (exact) mass is 888 g/mol. The maximum Gasteiger partial charge on any atom is 0.308 e. The third-order valence-electron chi connectivity index (χ3n) is 9.26. The van der Waals surface area contributed by atoms with Crippen LogP contribution in [0.25, 0.3) is 28.6 Å². The summed E-state index contributed by atoms with van der Waals surface area (Å²) in [5, 5.41) is 33.2. The van der Waals surface area contributed by atoms with Crippen LogP contribution in [-0.4, -0.2) is 102 Å². The molecule has 4 aromatic rings. The predicted molar refractivity (Wildman–Crippen MR) is 230 cm³/mol. The van der Waals surface area contributed by atoms with E-state index < -0.39 is 73.2 Å². The first-order chi connectivity index (χ1) is 28.2. The highest BCUT2D eigenvalue weighted by Gasteiger charge is 2.33. The van der Waals surface area contributed by atoms with Crippen molar-refractivity contribution >= 4 is 44.0 Å². The third kappa shape index (κ3) is 12.8. The van der Waals surface area contributed by atoms with E-state index in [4.69, 9.17) is 4.74 Å². The van der Waals surface area contributed by atoms with E-state index in [0.29, 0.717) is 16.8 Å². The zero-order valence-electron chi connectivity index (χ0n) is 35.8. The molecule has 0 amide bonds. The third-order valence-corrected chi connectivity index (χ3v) is 12.1. The lowest BCUT2D eigenvalue weighted by molar-refractivity contribution is -0.157. The van der Waals surface area contributed by atoms with Gasteiger partial charge in [-0.25, -0.2) is 54.2 Å². The number of hydrogen-bond donors (Lipinski definition) is 3. The molecule has 0 aliphatic carbocycles. The van der Waals surface area contributed by atoms with Gasteiger partial charge in [0, 0.05) is 42.8 Å². The maximum atomic E-state index is 14.3. The molecule has 0 aliphatic rings. The molecule has 0 radical (unpaired) electrons. The molecule has 0 aliphatic heterocycles. The molecule has 2 aromatic carbocycles. The molecular formula is C42H54F2N6O9S2. The smallest absolute Gasteiger partial charge is 0.308 e. The molecule has 2 aromatic heterocycles. The van der Waals surface area contributed by atoms with Gasteiger partial charge in [0.1, 0.15) is 17.2 Å². The van der Waals surface area contributed by atoms with E-state index >= 15 is 0 Å². The zero-order chi connectivity index (χ0) is 45.8. The van der Waals surface area contributed by atoms with Crippen molar-refractivity contribution < 1.29 is 50.5 Å². The van der Waals surface area contributed by atoms with Crippen molar-refractivity contribution in [2.24, 2.45) is 0 Å². The van der Waals surface area contributed by atoms with Crippen molar-refractivity contribution in [3.63, 3.8) is 0 Å². The van der Waals surface area contributed by atoms with Gasteiger partial charge in [-0.2, -0.15) is 0 Å². The summed E-state index contributed by atoms with van der Waals surface area (Å²) in [4.78, 5) is 30.3. The van der Waals surface area contributed by atoms with E-state index in [1.165, 1.54) is 62.6 Å². The number of nitrogens with zero attached hydrogens (tertiary/aromatic N) is 6. The van der Waals surface area contributed by atoms with Crippen LogP contribution >= 0.6 is 0 Å². The number of aliphatic hydroxyl groups is 3. The number of benzene rings is 2. The van der Waals surface area contributed by atoms with Gasteiger partial charge in [0.2, 0.25) is 31.9 Å². The molecule has 2 heterocycles. The predicted octanol–water partition coefficient (Wildman–Crippen LogP) is 5.88. The Hall–Kier alpha value is -4.95. The Morgan fingerprint density at radius 3 is 1.74 bits per heavy atom. The Labute approximate surface area is 356 Å². The number of carbonyl (C=O) groups is 1. The minimum Gasteiger partial charge on any atom is -0.460 e. The van der Waals surface area contributed by atoms with Gasteiger partial charge in [-0.3, -0.25) is 4.79 Å². The number of aromatic nitrogens is 4. The largest absolute Gasteiger partial charge is 0.460 e. The van der Waals surface area contributed by atoms with Crippen LogP contribution in [0.3, 0.4) is 0 Å². The summed E-state index contributed by atoms with van der Waals surface area (Å²) in [7, 11) is -5.94. The van der Waals surface area contributed by atoms with Gasteiger partial charge in [0.05, 0.1) is 59.5 Å². The first kappa shape index (κ1) is 48.7. The van der Waals surface area contributed by atoms with Crippen molar-refractivity contribution in [2.45, 2.75) is 97.1 Å². The topological polar surface area (TPSA) is 213 Å². The van der Waals surface area contributed by atoms with Crippen molar-refractivity contribution in [3.8, 4) is 22.5 Å². The molecular weight excluding hydrogens is 835 g/mol. The van der Waals surface area contributed by atoms with Crippen molar-refractivity contribution in [1.29, 1.82) is 0 Å². The van der Waals surface area contributed by atoms with Crippen molar-refractivity contribution in [2.75, 3.05) is 34.7 Å². The van der Waals surface area contributed by atoms with Crippen LogP contribution in [0, 0.1) is 11.6 Å². The fraction of sp³-hybridized carbons (Fsp3) is 0.452. The second-order valence-corrected chi connectivity index (χ2v) is 20.3. The molecule has 0 fully saturated rings. The SMILES string of the molecule is CC(C)c1nc(N(C)S(=O)(=O)CC(O)c2c(-c3ccc(F)cc3)nc(N(C)S(C)(=O)=O)nc2C(C)C)nc(-c2ccc(F)cc2)c1/C=C/[C@@H](O)C[C@@H](O)CC(=O)OC(C)(C)C. The van der Waals surface area contributed by atoms with Gasteiger partial charge in [-0.15, -0.1) is 0 Å². The average Bonchev–Trinajstić information content (AvgIpc) is 3.14. The van der Waals surface area contributed by atoms with E-state index in [9.17, 15) is 45.7 Å². The maximum absolute atomic E-state index is 14.3. The molecule has 19 heteroatoms. The average molecular weight is 889 g/mol. The number of anilines is 2. The summed E-state index contributed by atoms with van der Waals surface area (Å²) in [6.45, 7) is 12.1. The highest BCUT2D eigenvalue weighted by molar-refractivity contribution is 7.92. The van der Waals surface area contributed by atoms with Crippen LogP contribution in [0.2, 0.25) is 0 Å². The first-order valence-electron chi connectivity index (χ1n) is 19.4. The number of rotatable bonds is 17. The van der Waals surface area contributed by atoms with Gasteiger partial charge in [-0.05, 0) is 81.1 Å². The fourth-order valence-corrected chi connectivity index (χ4v) is 7.65. The molecule has 4 rings (SSSR count). The van der Waals surface area contributed by atoms with E-state index in [0.717, 1.165) is 27.0 Å². The number of aliphatic hydroxyl groups excluding tert-OH is 3.